The predicted octanol–water partition coefficient (Wildman–Crippen LogP) is 0.0621. The lowest BCUT2D eigenvalue weighted by molar-refractivity contribution is -0.212. The average molecular weight is 169 g/mol. The molecule has 0 amide bonds. The van der Waals surface area contributed by atoms with Gasteiger partial charge in [0.2, 0.25) is 6.23 Å². The van der Waals surface area contributed by atoms with Gasteiger partial charge in [-0.3, -0.25) is 5.32 Å². The quantitative estimate of drug-likeness (QED) is 0.564. The second-order valence-corrected chi connectivity index (χ2v) is 2.16. The Balaban J connectivity index is 2.48. The summed E-state index contributed by atoms with van der Waals surface area (Å²) in [5.74, 6) is 0. The largest absolute Gasteiger partial charge is 0.428 e. The van der Waals surface area contributed by atoms with E-state index in [9.17, 15) is 18.0 Å². The van der Waals surface area contributed by atoms with E-state index >= 15 is 0 Å². The Morgan fingerprint density at radius 3 is 2.45 bits per heavy atom. The van der Waals surface area contributed by atoms with Crippen molar-refractivity contribution < 1.29 is 22.7 Å². The van der Waals surface area contributed by atoms with Gasteiger partial charge in [0.15, 0.2) is 0 Å². The van der Waals surface area contributed by atoms with Gasteiger partial charge in [0.25, 0.3) is 0 Å². The van der Waals surface area contributed by atoms with Crippen LogP contribution < -0.4 is 5.32 Å². The van der Waals surface area contributed by atoms with E-state index in [0.717, 1.165) is 0 Å². The second-order valence-electron chi connectivity index (χ2n) is 2.16. The summed E-state index contributed by atoms with van der Waals surface area (Å²) < 4.78 is 39.6. The van der Waals surface area contributed by atoms with Gasteiger partial charge in [-0.05, 0) is 0 Å². The van der Waals surface area contributed by atoms with Gasteiger partial charge >= 0.3 is 6.18 Å². The maximum atomic E-state index is 11.8. The van der Waals surface area contributed by atoms with Crippen LogP contribution in [-0.2, 0) is 9.53 Å². The lowest BCUT2D eigenvalue weighted by Crippen LogP contribution is -2.41. The van der Waals surface area contributed by atoms with E-state index in [2.05, 4.69) is 4.74 Å². The fraction of sp³-hybridized carbons (Fsp3) is 0.800. The lowest BCUT2D eigenvalue weighted by Gasteiger charge is -2.13. The van der Waals surface area contributed by atoms with E-state index in [1.807, 2.05) is 5.32 Å². The zero-order valence-electron chi connectivity index (χ0n) is 5.39. The van der Waals surface area contributed by atoms with Crippen molar-refractivity contribution in [3.63, 3.8) is 0 Å². The number of ether oxygens (including phenoxy) is 1. The molecule has 0 aromatic heterocycles. The molecule has 0 radical (unpaired) electrons. The first-order chi connectivity index (χ1) is 5.04. The highest BCUT2D eigenvalue weighted by Gasteiger charge is 2.45. The van der Waals surface area contributed by atoms with Crippen molar-refractivity contribution in [1.29, 1.82) is 0 Å². The number of hydrogen-bond acceptors (Lipinski definition) is 3. The molecule has 1 fully saturated rings. The minimum Gasteiger partial charge on any atom is -0.352 e. The topological polar surface area (TPSA) is 38.3 Å². The highest BCUT2D eigenvalue weighted by molar-refractivity contribution is 5.58. The van der Waals surface area contributed by atoms with Gasteiger partial charge in [-0.2, -0.15) is 13.2 Å². The van der Waals surface area contributed by atoms with Gasteiger partial charge in [-0.15, -0.1) is 0 Å². The molecule has 0 aromatic rings. The van der Waals surface area contributed by atoms with Crippen molar-refractivity contribution in [3.05, 3.63) is 0 Å². The predicted molar refractivity (Wildman–Crippen MR) is 28.8 cm³/mol. The van der Waals surface area contributed by atoms with Gasteiger partial charge in [0, 0.05) is 0 Å². The molecule has 1 aliphatic heterocycles. The first-order valence-electron chi connectivity index (χ1n) is 2.93. The Kier molecular flexibility index (Phi) is 2.15. The SMILES string of the molecule is O=CC1COC(C(F)(F)F)N1. The minimum atomic E-state index is -4.43. The Hall–Kier alpha value is -0.620. The van der Waals surface area contributed by atoms with Crippen LogP contribution in [0.2, 0.25) is 0 Å². The van der Waals surface area contributed by atoms with Crippen LogP contribution in [0.4, 0.5) is 13.2 Å². The van der Waals surface area contributed by atoms with Crippen LogP contribution >= 0.6 is 0 Å². The van der Waals surface area contributed by atoms with Gasteiger partial charge < -0.3 is 9.53 Å². The van der Waals surface area contributed by atoms with E-state index in [1.54, 1.807) is 0 Å². The maximum absolute atomic E-state index is 11.8. The molecule has 0 saturated carbocycles. The number of carbonyl (C=O) groups is 1. The van der Waals surface area contributed by atoms with Crippen LogP contribution in [0.25, 0.3) is 0 Å². The van der Waals surface area contributed by atoms with Crippen LogP contribution in [0.15, 0.2) is 0 Å². The number of nitrogens with one attached hydrogen (secondary N) is 1. The molecule has 6 heteroatoms. The summed E-state index contributed by atoms with van der Waals surface area (Å²) in [5.41, 5.74) is 0. The lowest BCUT2D eigenvalue weighted by atomic mass is 10.4. The number of hydrogen-bond donors (Lipinski definition) is 1. The van der Waals surface area contributed by atoms with Gasteiger partial charge in [0.1, 0.15) is 6.29 Å². The first-order valence-corrected chi connectivity index (χ1v) is 2.93. The Labute approximate surface area is 60.5 Å². The molecule has 0 bridgehead atoms. The molecule has 2 atom stereocenters. The summed E-state index contributed by atoms with van der Waals surface area (Å²) in [4.78, 5) is 9.97. The van der Waals surface area contributed by atoms with Crippen LogP contribution in [0.1, 0.15) is 0 Å². The highest BCUT2D eigenvalue weighted by atomic mass is 19.4. The van der Waals surface area contributed by atoms with Crippen molar-refractivity contribution >= 4 is 6.29 Å². The third kappa shape index (κ3) is 1.90. The molecule has 1 saturated heterocycles. The van der Waals surface area contributed by atoms with Crippen molar-refractivity contribution in [2.45, 2.75) is 18.4 Å². The molecule has 1 N–H and O–H groups in total. The Morgan fingerprint density at radius 2 is 2.18 bits per heavy atom. The molecule has 2 unspecified atom stereocenters. The van der Waals surface area contributed by atoms with E-state index in [1.165, 1.54) is 0 Å². The van der Waals surface area contributed by atoms with Gasteiger partial charge in [0.05, 0.1) is 12.6 Å². The van der Waals surface area contributed by atoms with Gasteiger partial charge in [-0.25, -0.2) is 0 Å². The van der Waals surface area contributed by atoms with Crippen molar-refractivity contribution in [2.24, 2.45) is 0 Å². The summed E-state index contributed by atoms with van der Waals surface area (Å²) in [5, 5.41) is 1.97. The third-order valence-corrected chi connectivity index (χ3v) is 1.27. The number of alkyl halides is 3. The van der Waals surface area contributed by atoms with E-state index in [-0.39, 0.29) is 6.61 Å². The average Bonchev–Trinajstić information content (AvgIpc) is 2.32. The smallest absolute Gasteiger partial charge is 0.352 e. The van der Waals surface area contributed by atoms with Crippen LogP contribution in [0.3, 0.4) is 0 Å². The molecule has 3 nitrogen and oxygen atoms in total. The molecular formula is C5H6F3NO2. The standard InChI is InChI=1S/C5H6F3NO2/c6-5(7,8)4-9-3(1-10)2-11-4/h1,3-4,9H,2H2. The fourth-order valence-corrected chi connectivity index (χ4v) is 0.758. The fourth-order valence-electron chi connectivity index (χ4n) is 0.758. The summed E-state index contributed by atoms with van der Waals surface area (Å²) in [6.45, 7) is -0.215. The number of rotatable bonds is 1. The monoisotopic (exact) mass is 169 g/mol. The zero-order valence-corrected chi connectivity index (χ0v) is 5.39. The molecule has 0 aromatic carbocycles. The second kappa shape index (κ2) is 2.78. The normalized spacial score (nSPS) is 32.3. The number of halogens is 3. The van der Waals surface area contributed by atoms with E-state index < -0.39 is 18.4 Å². The minimum absolute atomic E-state index is 0.215. The third-order valence-electron chi connectivity index (χ3n) is 1.27. The van der Waals surface area contributed by atoms with Crippen LogP contribution in [0.5, 0.6) is 0 Å². The van der Waals surface area contributed by atoms with Crippen molar-refractivity contribution in [2.75, 3.05) is 6.61 Å². The van der Waals surface area contributed by atoms with Crippen molar-refractivity contribution in [1.82, 2.24) is 5.32 Å². The van der Waals surface area contributed by atoms with Crippen LogP contribution in [0, 0.1) is 0 Å². The molecular weight excluding hydrogens is 163 g/mol. The molecule has 64 valence electrons. The molecule has 1 heterocycles. The first kappa shape index (κ1) is 8.48. The summed E-state index contributed by atoms with van der Waals surface area (Å²) in [7, 11) is 0. The zero-order chi connectivity index (χ0) is 8.48. The molecule has 1 rings (SSSR count). The highest BCUT2D eigenvalue weighted by Crippen LogP contribution is 2.23. The summed E-state index contributed by atoms with van der Waals surface area (Å²) >= 11 is 0. The molecule has 11 heavy (non-hydrogen) atoms. The van der Waals surface area contributed by atoms with Crippen molar-refractivity contribution in [3.8, 4) is 0 Å². The number of aldehydes is 1. The Morgan fingerprint density at radius 1 is 1.55 bits per heavy atom. The molecule has 1 aliphatic rings. The van der Waals surface area contributed by atoms with E-state index in [0.29, 0.717) is 6.29 Å². The maximum Gasteiger partial charge on any atom is 0.428 e. The summed E-state index contributed by atoms with van der Waals surface area (Å²) in [6, 6.07) is -0.832. The number of carbonyl (C=O) groups excluding carboxylic acids is 1. The van der Waals surface area contributed by atoms with E-state index in [4.69, 9.17) is 0 Å². The summed E-state index contributed by atoms with van der Waals surface area (Å²) in [6.07, 6.45) is -6.03. The molecule has 0 spiro atoms. The van der Waals surface area contributed by atoms with Crippen LogP contribution in [-0.4, -0.2) is 31.3 Å². The Bertz CT molecular complexity index is 158. The van der Waals surface area contributed by atoms with Gasteiger partial charge in [-0.1, -0.05) is 0 Å². The molecule has 0 aliphatic carbocycles.